The van der Waals surface area contributed by atoms with Crippen LogP contribution in [0.15, 0.2) is 0 Å². The normalized spacial score (nSPS) is 20.7. The minimum absolute atomic E-state index is 0.0145. The van der Waals surface area contributed by atoms with E-state index in [1.165, 1.54) is 0 Å². The van der Waals surface area contributed by atoms with Gasteiger partial charge < -0.3 is 20.1 Å². The Hall–Kier alpha value is -1.14. The summed E-state index contributed by atoms with van der Waals surface area (Å²) in [5.74, 6) is -0.0694. The summed E-state index contributed by atoms with van der Waals surface area (Å²) in [5.41, 5.74) is 0. The molecule has 0 bridgehead atoms. The lowest BCUT2D eigenvalue weighted by Crippen LogP contribution is -2.36. The molecule has 1 heterocycles. The molecule has 2 amide bonds. The van der Waals surface area contributed by atoms with E-state index in [-0.39, 0.29) is 36.7 Å². The zero-order valence-electron chi connectivity index (χ0n) is 11.7. The number of hydrogen-bond donors (Lipinski definition) is 2. The van der Waals surface area contributed by atoms with Crippen molar-refractivity contribution in [3.8, 4) is 0 Å². The number of carbonyl (C=O) groups excluding carboxylic acids is 2. The Labute approximate surface area is 114 Å². The van der Waals surface area contributed by atoms with Crippen molar-refractivity contribution in [2.45, 2.75) is 19.8 Å². The molecule has 1 aliphatic rings. The predicted molar refractivity (Wildman–Crippen MR) is 70.4 cm³/mol. The van der Waals surface area contributed by atoms with Crippen molar-refractivity contribution in [3.05, 3.63) is 0 Å². The topological polar surface area (TPSA) is 78.9 Å². The minimum Gasteiger partial charge on any atom is -0.396 e. The molecule has 2 N–H and O–H groups in total. The lowest BCUT2D eigenvalue weighted by Gasteiger charge is -2.16. The molecule has 0 saturated carbocycles. The summed E-state index contributed by atoms with van der Waals surface area (Å²) in [4.78, 5) is 25.3. The van der Waals surface area contributed by atoms with Crippen molar-refractivity contribution in [1.82, 2.24) is 10.2 Å². The van der Waals surface area contributed by atoms with Gasteiger partial charge in [0.2, 0.25) is 11.8 Å². The summed E-state index contributed by atoms with van der Waals surface area (Å²) in [6.07, 6.45) is 0.952. The number of nitrogens with zero attached hydrogens (tertiary/aromatic N) is 1. The standard InChI is InChI=1S/C13H24N2O4/c1-10(3-5-16)8-14-13(18)11-7-12(17)15(9-11)4-6-19-2/h10-11,16H,3-9H2,1-2H3,(H,14,18). The molecule has 6 heteroatoms. The van der Waals surface area contributed by atoms with Crippen molar-refractivity contribution in [2.24, 2.45) is 11.8 Å². The third-order valence-corrected chi connectivity index (χ3v) is 3.40. The highest BCUT2D eigenvalue weighted by Gasteiger charge is 2.33. The van der Waals surface area contributed by atoms with E-state index >= 15 is 0 Å². The third kappa shape index (κ3) is 5.16. The largest absolute Gasteiger partial charge is 0.396 e. The average Bonchev–Trinajstić information content (AvgIpc) is 2.75. The van der Waals surface area contributed by atoms with Crippen LogP contribution in [0, 0.1) is 11.8 Å². The molecule has 0 spiro atoms. The molecular weight excluding hydrogens is 248 g/mol. The quantitative estimate of drug-likeness (QED) is 0.631. The van der Waals surface area contributed by atoms with E-state index < -0.39 is 0 Å². The van der Waals surface area contributed by atoms with Crippen molar-refractivity contribution >= 4 is 11.8 Å². The second-order valence-corrected chi connectivity index (χ2v) is 5.10. The van der Waals surface area contributed by atoms with Crippen LogP contribution in [0.1, 0.15) is 19.8 Å². The van der Waals surface area contributed by atoms with Crippen molar-refractivity contribution in [2.75, 3.05) is 40.0 Å². The third-order valence-electron chi connectivity index (χ3n) is 3.40. The van der Waals surface area contributed by atoms with Crippen molar-refractivity contribution in [3.63, 3.8) is 0 Å². The number of methoxy groups -OCH3 is 1. The van der Waals surface area contributed by atoms with E-state index in [1.807, 2.05) is 6.92 Å². The Bertz CT molecular complexity index is 309. The van der Waals surface area contributed by atoms with E-state index in [2.05, 4.69) is 5.32 Å². The molecule has 110 valence electrons. The van der Waals surface area contributed by atoms with Crippen LogP contribution in [0.25, 0.3) is 0 Å². The number of aliphatic hydroxyl groups excluding tert-OH is 1. The highest BCUT2D eigenvalue weighted by Crippen LogP contribution is 2.17. The zero-order valence-corrected chi connectivity index (χ0v) is 11.7. The fraction of sp³-hybridized carbons (Fsp3) is 0.846. The Kier molecular flexibility index (Phi) is 6.80. The van der Waals surface area contributed by atoms with E-state index in [0.717, 1.165) is 0 Å². The summed E-state index contributed by atoms with van der Waals surface area (Å²) >= 11 is 0. The fourth-order valence-corrected chi connectivity index (χ4v) is 2.11. The molecule has 2 unspecified atom stereocenters. The second kappa shape index (κ2) is 8.12. The Morgan fingerprint density at radius 3 is 3.00 bits per heavy atom. The minimum atomic E-state index is -0.259. The van der Waals surface area contributed by atoms with Crippen LogP contribution >= 0.6 is 0 Å². The second-order valence-electron chi connectivity index (χ2n) is 5.10. The Balaban J connectivity index is 2.32. The number of nitrogens with one attached hydrogen (secondary N) is 1. The van der Waals surface area contributed by atoms with Gasteiger partial charge in [-0.2, -0.15) is 0 Å². The summed E-state index contributed by atoms with van der Waals surface area (Å²) in [6, 6.07) is 0. The summed E-state index contributed by atoms with van der Waals surface area (Å²) in [6.45, 7) is 4.16. The molecule has 1 rings (SSSR count). The van der Waals surface area contributed by atoms with Gasteiger partial charge in [-0.1, -0.05) is 6.92 Å². The first-order valence-electron chi connectivity index (χ1n) is 6.73. The van der Waals surface area contributed by atoms with Gasteiger partial charge in [-0.3, -0.25) is 9.59 Å². The monoisotopic (exact) mass is 272 g/mol. The zero-order chi connectivity index (χ0) is 14.3. The maximum Gasteiger partial charge on any atom is 0.225 e. The molecule has 0 aromatic carbocycles. The maximum absolute atomic E-state index is 11.9. The van der Waals surface area contributed by atoms with E-state index in [4.69, 9.17) is 9.84 Å². The molecule has 2 atom stereocenters. The number of amides is 2. The van der Waals surface area contributed by atoms with Crippen LogP contribution in [0.5, 0.6) is 0 Å². The molecule has 0 aliphatic carbocycles. The van der Waals surface area contributed by atoms with E-state index in [0.29, 0.717) is 32.7 Å². The van der Waals surface area contributed by atoms with E-state index in [9.17, 15) is 9.59 Å². The number of ether oxygens (including phenoxy) is 1. The fourth-order valence-electron chi connectivity index (χ4n) is 2.11. The lowest BCUT2D eigenvalue weighted by molar-refractivity contribution is -0.129. The molecule has 1 fully saturated rings. The molecular formula is C13H24N2O4. The van der Waals surface area contributed by atoms with Gasteiger partial charge in [0.1, 0.15) is 0 Å². The Morgan fingerprint density at radius 1 is 1.63 bits per heavy atom. The highest BCUT2D eigenvalue weighted by molar-refractivity contribution is 5.89. The van der Waals surface area contributed by atoms with Crippen molar-refractivity contribution < 1.29 is 19.4 Å². The first-order chi connectivity index (χ1) is 9.08. The maximum atomic E-state index is 11.9. The number of rotatable bonds is 8. The van der Waals surface area contributed by atoms with Crippen molar-refractivity contribution in [1.29, 1.82) is 0 Å². The van der Waals surface area contributed by atoms with Gasteiger partial charge in [0.15, 0.2) is 0 Å². The van der Waals surface area contributed by atoms with Crippen LogP contribution in [-0.2, 0) is 14.3 Å². The number of hydrogen-bond acceptors (Lipinski definition) is 4. The highest BCUT2D eigenvalue weighted by atomic mass is 16.5. The Morgan fingerprint density at radius 2 is 2.37 bits per heavy atom. The molecule has 0 aromatic heterocycles. The van der Waals surface area contributed by atoms with E-state index in [1.54, 1.807) is 12.0 Å². The summed E-state index contributed by atoms with van der Waals surface area (Å²) < 4.78 is 4.94. The molecule has 0 radical (unpaired) electrons. The molecule has 6 nitrogen and oxygen atoms in total. The summed E-state index contributed by atoms with van der Waals surface area (Å²) in [7, 11) is 1.59. The molecule has 0 aromatic rings. The smallest absolute Gasteiger partial charge is 0.225 e. The SMILES string of the molecule is COCCN1CC(C(=O)NCC(C)CCO)CC1=O. The van der Waals surface area contributed by atoms with Gasteiger partial charge in [-0.05, 0) is 12.3 Å². The van der Waals surface area contributed by atoms with Crippen LogP contribution in [0.2, 0.25) is 0 Å². The van der Waals surface area contributed by atoms with Crippen LogP contribution in [0.3, 0.4) is 0 Å². The number of carbonyl (C=O) groups is 2. The van der Waals surface area contributed by atoms with Gasteiger partial charge in [-0.15, -0.1) is 0 Å². The van der Waals surface area contributed by atoms with Gasteiger partial charge in [0.25, 0.3) is 0 Å². The number of likely N-dealkylation sites (tertiary alicyclic amines) is 1. The predicted octanol–water partition coefficient (Wildman–Crippen LogP) is -0.384. The molecule has 19 heavy (non-hydrogen) atoms. The first kappa shape index (κ1) is 15.9. The molecule has 1 aliphatic heterocycles. The van der Waals surface area contributed by atoms with Crippen LogP contribution in [-0.4, -0.2) is 61.8 Å². The van der Waals surface area contributed by atoms with Gasteiger partial charge >= 0.3 is 0 Å². The summed E-state index contributed by atoms with van der Waals surface area (Å²) in [5, 5.41) is 11.6. The average molecular weight is 272 g/mol. The van der Waals surface area contributed by atoms with Gasteiger partial charge in [0.05, 0.1) is 12.5 Å². The van der Waals surface area contributed by atoms with Gasteiger partial charge in [0, 0.05) is 39.8 Å². The number of aliphatic hydroxyl groups is 1. The molecule has 1 saturated heterocycles. The van der Waals surface area contributed by atoms with Gasteiger partial charge in [-0.25, -0.2) is 0 Å². The van der Waals surface area contributed by atoms with Crippen LogP contribution < -0.4 is 5.32 Å². The van der Waals surface area contributed by atoms with Crippen LogP contribution in [0.4, 0.5) is 0 Å². The first-order valence-corrected chi connectivity index (χ1v) is 6.73. The lowest BCUT2D eigenvalue weighted by atomic mass is 10.1.